The van der Waals surface area contributed by atoms with E-state index in [9.17, 15) is 14.4 Å². The first-order chi connectivity index (χ1) is 19.8. The van der Waals surface area contributed by atoms with Crippen LogP contribution in [-0.4, -0.2) is 66.3 Å². The summed E-state index contributed by atoms with van der Waals surface area (Å²) >= 11 is 0. The maximum atomic E-state index is 13.8. The fourth-order valence-corrected chi connectivity index (χ4v) is 5.90. The molecule has 0 unspecified atom stereocenters. The minimum absolute atomic E-state index is 0.107. The first-order valence-corrected chi connectivity index (χ1v) is 14.2. The van der Waals surface area contributed by atoms with Gasteiger partial charge >= 0.3 is 0 Å². The second kappa shape index (κ2) is 11.0. The quantitative estimate of drug-likeness (QED) is 0.514. The number of benzene rings is 3. The molecule has 2 heterocycles. The average molecular weight is 554 g/mol. The molecule has 41 heavy (non-hydrogen) atoms. The van der Waals surface area contributed by atoms with Crippen LogP contribution in [0.1, 0.15) is 46.3 Å². The fourth-order valence-electron chi connectivity index (χ4n) is 5.90. The van der Waals surface area contributed by atoms with Crippen molar-refractivity contribution in [1.29, 1.82) is 0 Å². The summed E-state index contributed by atoms with van der Waals surface area (Å²) < 4.78 is 12.5. The van der Waals surface area contributed by atoms with Gasteiger partial charge in [0.1, 0.15) is 11.5 Å². The van der Waals surface area contributed by atoms with Crippen LogP contribution in [0.4, 0.5) is 0 Å². The molecule has 2 atom stereocenters. The Hall–Kier alpha value is -4.17. The van der Waals surface area contributed by atoms with Crippen molar-refractivity contribution in [1.82, 2.24) is 15.1 Å². The number of hydrogen-bond donors (Lipinski definition) is 1. The number of fused-ring (bicyclic) bond motifs is 5. The lowest BCUT2D eigenvalue weighted by Gasteiger charge is -2.40. The fraction of sp³-hybridized carbons (Fsp3) is 0.364. The highest BCUT2D eigenvalue weighted by Crippen LogP contribution is 2.49. The van der Waals surface area contributed by atoms with E-state index in [0.717, 1.165) is 29.5 Å². The van der Waals surface area contributed by atoms with Gasteiger partial charge < -0.3 is 24.6 Å². The van der Waals surface area contributed by atoms with E-state index < -0.39 is 11.5 Å². The smallest absolute Gasteiger partial charge is 0.254 e. The van der Waals surface area contributed by atoms with Crippen molar-refractivity contribution < 1.29 is 23.9 Å². The zero-order valence-electron chi connectivity index (χ0n) is 23.5. The van der Waals surface area contributed by atoms with Crippen LogP contribution in [0.3, 0.4) is 0 Å². The van der Waals surface area contributed by atoms with Gasteiger partial charge in [-0.05, 0) is 67.1 Å². The third-order valence-electron chi connectivity index (χ3n) is 8.42. The molecule has 1 saturated carbocycles. The molecule has 4 bridgehead atoms. The molecule has 8 heteroatoms. The third-order valence-corrected chi connectivity index (χ3v) is 8.42. The lowest BCUT2D eigenvalue weighted by molar-refractivity contribution is -0.139. The summed E-state index contributed by atoms with van der Waals surface area (Å²) in [6, 6.07) is 22.5. The summed E-state index contributed by atoms with van der Waals surface area (Å²) in [5.41, 5.74) is 2.84. The van der Waals surface area contributed by atoms with Crippen LogP contribution in [0.25, 0.3) is 0 Å². The monoisotopic (exact) mass is 553 g/mol. The van der Waals surface area contributed by atoms with E-state index in [2.05, 4.69) is 5.32 Å². The predicted molar refractivity (Wildman–Crippen MR) is 154 cm³/mol. The van der Waals surface area contributed by atoms with Crippen molar-refractivity contribution >= 4 is 17.7 Å². The number of piperidine rings is 1. The van der Waals surface area contributed by atoms with Crippen LogP contribution < -0.4 is 10.1 Å². The molecule has 0 spiro atoms. The zero-order chi connectivity index (χ0) is 28.6. The van der Waals surface area contributed by atoms with Gasteiger partial charge in [-0.15, -0.1) is 0 Å². The summed E-state index contributed by atoms with van der Waals surface area (Å²) in [6.45, 7) is 3.06. The number of nitrogens with one attached hydrogen (secondary N) is 1. The van der Waals surface area contributed by atoms with Crippen molar-refractivity contribution in [3.8, 4) is 11.5 Å². The van der Waals surface area contributed by atoms with Crippen LogP contribution in [0.2, 0.25) is 0 Å². The first kappa shape index (κ1) is 27.0. The number of rotatable bonds is 2. The van der Waals surface area contributed by atoms with E-state index in [1.807, 2.05) is 72.5 Å². The van der Waals surface area contributed by atoms with E-state index in [1.165, 1.54) is 4.90 Å². The van der Waals surface area contributed by atoms with Gasteiger partial charge in [0.05, 0.1) is 30.7 Å². The van der Waals surface area contributed by atoms with E-state index >= 15 is 0 Å². The van der Waals surface area contributed by atoms with Crippen molar-refractivity contribution in [2.75, 3.05) is 26.7 Å². The number of carbonyl (C=O) groups excluding carboxylic acids is 3. The molecule has 212 valence electrons. The average Bonchev–Trinajstić information content (AvgIpc) is 3.79. The van der Waals surface area contributed by atoms with Crippen LogP contribution >= 0.6 is 0 Å². The summed E-state index contributed by atoms with van der Waals surface area (Å²) in [4.78, 5) is 43.5. The van der Waals surface area contributed by atoms with Gasteiger partial charge in [0.15, 0.2) is 0 Å². The van der Waals surface area contributed by atoms with E-state index in [4.69, 9.17) is 9.47 Å². The highest BCUT2D eigenvalue weighted by molar-refractivity contribution is 5.97. The van der Waals surface area contributed by atoms with Gasteiger partial charge in [-0.3, -0.25) is 14.4 Å². The third kappa shape index (κ3) is 5.57. The Kier molecular flexibility index (Phi) is 7.26. The van der Waals surface area contributed by atoms with Gasteiger partial charge in [0.2, 0.25) is 11.8 Å². The molecule has 2 aliphatic heterocycles. The second-order valence-electron chi connectivity index (χ2n) is 11.4. The maximum absolute atomic E-state index is 13.8. The van der Waals surface area contributed by atoms with E-state index in [-0.39, 0.29) is 30.4 Å². The lowest BCUT2D eigenvalue weighted by atomic mass is 9.92. The molecule has 3 aromatic carbocycles. The Morgan fingerprint density at radius 2 is 1.80 bits per heavy atom. The SMILES string of the molecule is Cc1ccc2cc1Oc1cccc(c1)CO[C@@H]1CCN(C(=O)C3(c4ccccc4)CC3)C[C@@H]1NC(=O)CN(C)C2=O. The Balaban J connectivity index is 1.26. The first-order valence-electron chi connectivity index (χ1n) is 14.2. The zero-order valence-corrected chi connectivity index (χ0v) is 23.5. The number of likely N-dealkylation sites (N-methyl/N-ethyl adjacent to an activating group) is 1. The molecule has 6 rings (SSSR count). The van der Waals surface area contributed by atoms with Crippen molar-refractivity contribution in [3.05, 3.63) is 95.1 Å². The second-order valence-corrected chi connectivity index (χ2v) is 11.4. The lowest BCUT2D eigenvalue weighted by Crippen LogP contribution is -2.59. The summed E-state index contributed by atoms with van der Waals surface area (Å²) in [6.07, 6.45) is 1.96. The summed E-state index contributed by atoms with van der Waals surface area (Å²) in [5.74, 6) is 0.768. The Bertz CT molecular complexity index is 1470. The highest BCUT2D eigenvalue weighted by atomic mass is 16.5. The predicted octanol–water partition coefficient (Wildman–Crippen LogP) is 4.21. The Labute approximate surface area is 240 Å². The van der Waals surface area contributed by atoms with Crippen molar-refractivity contribution in [2.45, 2.75) is 50.4 Å². The van der Waals surface area contributed by atoms with Crippen LogP contribution in [0.15, 0.2) is 72.8 Å². The molecule has 1 aliphatic carbocycles. The number of hydrogen-bond acceptors (Lipinski definition) is 5. The summed E-state index contributed by atoms with van der Waals surface area (Å²) in [7, 11) is 1.61. The molecule has 1 saturated heterocycles. The van der Waals surface area contributed by atoms with Crippen LogP contribution in [0, 0.1) is 6.92 Å². The van der Waals surface area contributed by atoms with Gasteiger partial charge in [-0.2, -0.15) is 0 Å². The molecule has 3 aliphatic rings. The number of likely N-dealkylation sites (tertiary alicyclic amines) is 1. The molecular formula is C33H35N3O5. The topological polar surface area (TPSA) is 88.2 Å². The minimum Gasteiger partial charge on any atom is -0.457 e. The molecule has 2 fully saturated rings. The molecule has 8 nitrogen and oxygen atoms in total. The van der Waals surface area contributed by atoms with Gasteiger partial charge in [-0.1, -0.05) is 48.5 Å². The van der Waals surface area contributed by atoms with E-state index in [1.54, 1.807) is 19.2 Å². The molecule has 3 aromatic rings. The minimum atomic E-state index is -0.475. The van der Waals surface area contributed by atoms with E-state index in [0.29, 0.717) is 43.2 Å². The van der Waals surface area contributed by atoms with Crippen LogP contribution in [0.5, 0.6) is 11.5 Å². The molecule has 0 radical (unpaired) electrons. The Morgan fingerprint density at radius 3 is 2.59 bits per heavy atom. The normalized spacial score (nSPS) is 22.3. The number of nitrogens with zero attached hydrogens (tertiary/aromatic N) is 2. The summed E-state index contributed by atoms with van der Waals surface area (Å²) in [5, 5.41) is 3.09. The van der Waals surface area contributed by atoms with Gasteiger partial charge in [-0.25, -0.2) is 0 Å². The molecule has 3 amide bonds. The Morgan fingerprint density at radius 1 is 1.00 bits per heavy atom. The van der Waals surface area contributed by atoms with Crippen molar-refractivity contribution in [3.63, 3.8) is 0 Å². The molecule has 1 N–H and O–H groups in total. The van der Waals surface area contributed by atoms with Gasteiger partial charge in [0, 0.05) is 25.7 Å². The van der Waals surface area contributed by atoms with Crippen LogP contribution in [-0.2, 0) is 26.3 Å². The van der Waals surface area contributed by atoms with Gasteiger partial charge in [0.25, 0.3) is 5.91 Å². The van der Waals surface area contributed by atoms with Crippen molar-refractivity contribution in [2.24, 2.45) is 0 Å². The maximum Gasteiger partial charge on any atom is 0.254 e. The largest absolute Gasteiger partial charge is 0.457 e. The standard InChI is InChI=1S/C33H35N3O5/c1-22-11-12-24-18-29(22)41-26-10-6-7-23(17-26)21-40-28-13-16-36(19-27(28)34-30(37)20-35(2)31(24)38)32(39)33(14-15-33)25-8-4-3-5-9-25/h3-12,17-18,27-28H,13-16,19-21H2,1-2H3,(H,34,37)/t27-,28+/m0/s1. The number of ether oxygens (including phenoxy) is 2. The molecular weight excluding hydrogens is 518 g/mol. The number of amides is 3. The molecule has 0 aromatic heterocycles. The highest BCUT2D eigenvalue weighted by Gasteiger charge is 2.53. The number of carbonyl (C=O) groups is 3. The number of aryl methyl sites for hydroxylation is 1.